The Balaban J connectivity index is 3.66. The Morgan fingerprint density at radius 2 is 1.32 bits per heavy atom. The summed E-state index contributed by atoms with van der Waals surface area (Å²) in [6.07, 6.45) is 0. The van der Waals surface area contributed by atoms with Gasteiger partial charge in [-0.3, -0.25) is 0 Å². The molecule has 9 heteroatoms. The number of thiocarbonyl (C=S) groups is 1. The van der Waals surface area contributed by atoms with Gasteiger partial charge in [0.05, 0.1) is 0 Å². The van der Waals surface area contributed by atoms with Crippen LogP contribution in [0.2, 0.25) is 0 Å². The van der Waals surface area contributed by atoms with E-state index in [4.69, 9.17) is 5.73 Å². The summed E-state index contributed by atoms with van der Waals surface area (Å²) >= 11 is 4.48. The van der Waals surface area contributed by atoms with Gasteiger partial charge in [-0.25, -0.2) is 27.0 Å². The summed E-state index contributed by atoms with van der Waals surface area (Å²) in [7, 11) is 0. The standard InChI is InChI=1S/C10H8F5N3S/c1-3(2)17-18(10(16)19)9-7(14)5(12)4(11)6(13)8(9)15/h1-2H3,(H2,16,19). The van der Waals surface area contributed by atoms with Crippen LogP contribution in [0.3, 0.4) is 0 Å². The van der Waals surface area contributed by atoms with Crippen LogP contribution in [0.4, 0.5) is 27.6 Å². The van der Waals surface area contributed by atoms with Gasteiger partial charge in [0.15, 0.2) is 28.4 Å². The van der Waals surface area contributed by atoms with Crippen LogP contribution in [0.5, 0.6) is 0 Å². The Bertz CT molecular complexity index is 540. The molecule has 0 amide bonds. The molecule has 0 heterocycles. The van der Waals surface area contributed by atoms with Gasteiger partial charge in [-0.05, 0) is 26.1 Å². The van der Waals surface area contributed by atoms with Crippen molar-refractivity contribution in [2.45, 2.75) is 13.8 Å². The molecule has 0 bridgehead atoms. The zero-order chi connectivity index (χ0) is 14.9. The molecule has 0 aliphatic rings. The van der Waals surface area contributed by atoms with Crippen LogP contribution in [0.25, 0.3) is 0 Å². The molecule has 0 atom stereocenters. The van der Waals surface area contributed by atoms with E-state index in [1.54, 1.807) is 0 Å². The molecule has 0 aliphatic heterocycles. The third-order valence-electron chi connectivity index (χ3n) is 1.91. The maximum absolute atomic E-state index is 13.5. The molecule has 0 aromatic heterocycles. The van der Waals surface area contributed by atoms with E-state index in [0.717, 1.165) is 0 Å². The molecule has 1 aromatic rings. The van der Waals surface area contributed by atoms with Crippen LogP contribution in [-0.4, -0.2) is 10.8 Å². The Hall–Kier alpha value is -1.77. The Labute approximate surface area is 110 Å². The van der Waals surface area contributed by atoms with Crippen molar-refractivity contribution in [2.75, 3.05) is 5.01 Å². The van der Waals surface area contributed by atoms with E-state index >= 15 is 0 Å². The summed E-state index contributed by atoms with van der Waals surface area (Å²) in [5.74, 6) is -10.6. The lowest BCUT2D eigenvalue weighted by Crippen LogP contribution is -2.33. The molecule has 2 N–H and O–H groups in total. The van der Waals surface area contributed by atoms with Gasteiger partial charge in [0.1, 0.15) is 5.69 Å². The first kappa shape index (κ1) is 15.3. The van der Waals surface area contributed by atoms with Gasteiger partial charge < -0.3 is 5.73 Å². The second kappa shape index (κ2) is 5.47. The molecular formula is C10H8F5N3S. The summed E-state index contributed by atoms with van der Waals surface area (Å²) in [6, 6.07) is 0. The van der Waals surface area contributed by atoms with E-state index in [2.05, 4.69) is 17.3 Å². The molecule has 0 saturated carbocycles. The Kier molecular flexibility index (Phi) is 4.40. The normalized spacial score (nSPS) is 10.3. The van der Waals surface area contributed by atoms with Crippen molar-refractivity contribution in [3.8, 4) is 0 Å². The van der Waals surface area contributed by atoms with Crippen molar-refractivity contribution in [3.05, 3.63) is 29.1 Å². The van der Waals surface area contributed by atoms with Gasteiger partial charge in [0.25, 0.3) is 0 Å². The van der Waals surface area contributed by atoms with Crippen LogP contribution in [-0.2, 0) is 0 Å². The molecule has 0 unspecified atom stereocenters. The zero-order valence-electron chi connectivity index (χ0n) is 9.77. The average Bonchev–Trinajstić information content (AvgIpc) is 2.32. The van der Waals surface area contributed by atoms with E-state index < -0.39 is 39.9 Å². The number of anilines is 1. The van der Waals surface area contributed by atoms with Gasteiger partial charge in [0.2, 0.25) is 5.82 Å². The average molecular weight is 297 g/mol. The van der Waals surface area contributed by atoms with Crippen LogP contribution >= 0.6 is 12.2 Å². The second-order valence-electron chi connectivity index (χ2n) is 3.62. The first-order valence-corrected chi connectivity index (χ1v) is 5.22. The maximum atomic E-state index is 13.5. The summed E-state index contributed by atoms with van der Waals surface area (Å²) < 4.78 is 66.0. The summed E-state index contributed by atoms with van der Waals surface area (Å²) in [6.45, 7) is 2.86. The van der Waals surface area contributed by atoms with Crippen molar-refractivity contribution >= 4 is 28.7 Å². The minimum absolute atomic E-state index is 0.247. The summed E-state index contributed by atoms with van der Waals surface area (Å²) in [4.78, 5) is 0. The van der Waals surface area contributed by atoms with Crippen LogP contribution in [0.15, 0.2) is 5.10 Å². The van der Waals surface area contributed by atoms with Gasteiger partial charge >= 0.3 is 0 Å². The smallest absolute Gasteiger partial charge is 0.200 e. The van der Waals surface area contributed by atoms with Crippen LogP contribution < -0.4 is 10.7 Å². The highest BCUT2D eigenvalue weighted by Crippen LogP contribution is 2.30. The molecule has 0 radical (unpaired) electrons. The number of rotatable bonds is 2. The van der Waals surface area contributed by atoms with Crippen molar-refractivity contribution in [1.29, 1.82) is 0 Å². The molecule has 0 aliphatic carbocycles. The fraction of sp³-hybridized carbons (Fsp3) is 0.200. The predicted molar refractivity (Wildman–Crippen MR) is 64.3 cm³/mol. The number of benzene rings is 1. The molecule has 0 spiro atoms. The lowest BCUT2D eigenvalue weighted by Gasteiger charge is -2.19. The van der Waals surface area contributed by atoms with E-state index in [9.17, 15) is 22.0 Å². The van der Waals surface area contributed by atoms with Gasteiger partial charge in [-0.1, -0.05) is 0 Å². The molecule has 104 valence electrons. The van der Waals surface area contributed by atoms with Crippen molar-refractivity contribution < 1.29 is 22.0 Å². The minimum Gasteiger partial charge on any atom is -0.374 e. The molecule has 3 nitrogen and oxygen atoms in total. The van der Waals surface area contributed by atoms with Crippen LogP contribution in [0, 0.1) is 29.1 Å². The first-order valence-electron chi connectivity index (χ1n) is 4.81. The Morgan fingerprint density at radius 1 is 0.947 bits per heavy atom. The quantitative estimate of drug-likeness (QED) is 0.228. The monoisotopic (exact) mass is 297 g/mol. The summed E-state index contributed by atoms with van der Waals surface area (Å²) in [5, 5.41) is 3.14. The van der Waals surface area contributed by atoms with Crippen LogP contribution in [0.1, 0.15) is 13.8 Å². The van der Waals surface area contributed by atoms with E-state index in [1.807, 2.05) is 0 Å². The van der Waals surface area contributed by atoms with Crippen molar-refractivity contribution in [3.63, 3.8) is 0 Å². The topological polar surface area (TPSA) is 41.6 Å². The van der Waals surface area contributed by atoms with Crippen molar-refractivity contribution in [2.24, 2.45) is 10.8 Å². The third kappa shape index (κ3) is 2.80. The number of hydrogen-bond donors (Lipinski definition) is 1. The van der Waals surface area contributed by atoms with Crippen molar-refractivity contribution in [1.82, 2.24) is 0 Å². The predicted octanol–water partition coefficient (Wildman–Crippen LogP) is 2.83. The second-order valence-corrected chi connectivity index (χ2v) is 4.03. The number of nitrogens with two attached hydrogens (primary N) is 1. The molecule has 1 aromatic carbocycles. The molecular weight excluding hydrogens is 289 g/mol. The fourth-order valence-electron chi connectivity index (χ4n) is 1.19. The molecule has 19 heavy (non-hydrogen) atoms. The van der Waals surface area contributed by atoms with Gasteiger partial charge in [-0.15, -0.1) is 0 Å². The number of nitrogens with zero attached hydrogens (tertiary/aromatic N) is 2. The lowest BCUT2D eigenvalue weighted by molar-refractivity contribution is 0.380. The van der Waals surface area contributed by atoms with E-state index in [0.29, 0.717) is 0 Å². The lowest BCUT2D eigenvalue weighted by atomic mass is 10.2. The number of halogens is 5. The zero-order valence-corrected chi connectivity index (χ0v) is 10.6. The number of hydrogen-bond acceptors (Lipinski definition) is 2. The van der Waals surface area contributed by atoms with Gasteiger partial charge in [-0.2, -0.15) is 5.10 Å². The molecule has 1 rings (SSSR count). The maximum Gasteiger partial charge on any atom is 0.200 e. The van der Waals surface area contributed by atoms with E-state index in [1.165, 1.54) is 13.8 Å². The van der Waals surface area contributed by atoms with Gasteiger partial charge in [0, 0.05) is 5.71 Å². The highest BCUT2D eigenvalue weighted by Gasteiger charge is 2.30. The minimum atomic E-state index is -2.26. The SMILES string of the molecule is CC(C)=NN(C(N)=S)c1c(F)c(F)c(F)c(F)c1F. The fourth-order valence-corrected chi connectivity index (χ4v) is 1.32. The third-order valence-corrected chi connectivity index (χ3v) is 2.08. The van der Waals surface area contributed by atoms with E-state index in [-0.39, 0.29) is 10.7 Å². The summed E-state index contributed by atoms with van der Waals surface area (Å²) in [5.41, 5.74) is 4.10. The first-order chi connectivity index (χ1) is 8.68. The highest BCUT2D eigenvalue weighted by molar-refractivity contribution is 7.80. The largest absolute Gasteiger partial charge is 0.374 e. The highest BCUT2D eigenvalue weighted by atomic mass is 32.1. The Morgan fingerprint density at radius 3 is 1.63 bits per heavy atom. The number of hydrazone groups is 1. The molecule has 0 saturated heterocycles. The molecule has 0 fully saturated rings.